The average Bonchev–Trinajstić information content (AvgIpc) is 2.74. The van der Waals surface area contributed by atoms with Gasteiger partial charge >= 0.3 is 0 Å². The number of hydrogen-bond acceptors (Lipinski definition) is 5. The molecule has 4 rings (SSSR count). The summed E-state index contributed by atoms with van der Waals surface area (Å²) in [6.45, 7) is 7.43. The molecular formula is C21H29N5. The maximum absolute atomic E-state index is 4.94. The minimum Gasteiger partial charge on any atom is -0.368 e. The molecule has 1 unspecified atom stereocenters. The first-order chi connectivity index (χ1) is 12.8. The van der Waals surface area contributed by atoms with E-state index < -0.39 is 0 Å². The first-order valence-corrected chi connectivity index (χ1v) is 10.00. The van der Waals surface area contributed by atoms with Crippen molar-refractivity contribution in [2.24, 2.45) is 0 Å². The number of piperazine rings is 1. The van der Waals surface area contributed by atoms with Gasteiger partial charge in [0.2, 0.25) is 5.95 Å². The topological polar surface area (TPSA) is 35.5 Å². The third kappa shape index (κ3) is 3.62. The standard InChI is InChI=1S/C21H29N5/c1-2-18-8-6-7-13-26(18)21-22-12-11-20(23-21)25-16-14-24(15-17-25)19-9-4-3-5-10-19/h3-5,9-12,18H,2,6-8,13-17H2,1H3. The van der Waals surface area contributed by atoms with Crippen LogP contribution in [0.4, 0.5) is 17.5 Å². The number of para-hydroxylation sites is 1. The maximum atomic E-state index is 4.94. The van der Waals surface area contributed by atoms with E-state index in [1.165, 1.54) is 31.4 Å². The lowest BCUT2D eigenvalue weighted by Gasteiger charge is -2.38. The van der Waals surface area contributed by atoms with E-state index in [0.29, 0.717) is 6.04 Å². The average molecular weight is 351 g/mol. The smallest absolute Gasteiger partial charge is 0.227 e. The molecule has 1 atom stereocenters. The third-order valence-electron chi connectivity index (χ3n) is 5.71. The summed E-state index contributed by atoms with van der Waals surface area (Å²) in [6.07, 6.45) is 6.95. The lowest BCUT2D eigenvalue weighted by atomic mass is 10.0. The van der Waals surface area contributed by atoms with Crippen LogP contribution in [0.3, 0.4) is 0 Å². The Bertz CT molecular complexity index is 697. The second-order valence-corrected chi connectivity index (χ2v) is 7.28. The minimum absolute atomic E-state index is 0.592. The van der Waals surface area contributed by atoms with Crippen molar-refractivity contribution in [1.82, 2.24) is 9.97 Å². The molecule has 2 aliphatic rings. The first kappa shape index (κ1) is 17.1. The molecule has 0 aliphatic carbocycles. The number of benzene rings is 1. The Balaban J connectivity index is 1.44. The SMILES string of the molecule is CCC1CCCCN1c1nccc(N2CCN(c3ccccc3)CC2)n1. The molecule has 0 spiro atoms. The fourth-order valence-corrected chi connectivity index (χ4v) is 4.17. The van der Waals surface area contributed by atoms with Crippen LogP contribution in [-0.4, -0.2) is 48.7 Å². The lowest BCUT2D eigenvalue weighted by Crippen LogP contribution is -2.47. The van der Waals surface area contributed by atoms with Crippen LogP contribution in [0.25, 0.3) is 0 Å². The Morgan fingerprint density at radius 1 is 0.923 bits per heavy atom. The molecule has 1 aromatic carbocycles. The van der Waals surface area contributed by atoms with Crippen LogP contribution in [0.5, 0.6) is 0 Å². The predicted molar refractivity (Wildman–Crippen MR) is 108 cm³/mol. The van der Waals surface area contributed by atoms with Crippen molar-refractivity contribution in [2.75, 3.05) is 47.4 Å². The van der Waals surface area contributed by atoms with Gasteiger partial charge in [0, 0.05) is 50.6 Å². The number of piperidine rings is 1. The summed E-state index contributed by atoms with van der Waals surface area (Å²) in [5.74, 6) is 1.99. The van der Waals surface area contributed by atoms with Gasteiger partial charge in [0.1, 0.15) is 5.82 Å². The highest BCUT2D eigenvalue weighted by Crippen LogP contribution is 2.26. The highest BCUT2D eigenvalue weighted by molar-refractivity contribution is 5.50. The van der Waals surface area contributed by atoms with Crippen LogP contribution in [0, 0.1) is 0 Å². The molecule has 2 saturated heterocycles. The van der Waals surface area contributed by atoms with E-state index in [9.17, 15) is 0 Å². The molecule has 0 radical (unpaired) electrons. The lowest BCUT2D eigenvalue weighted by molar-refractivity contribution is 0.443. The van der Waals surface area contributed by atoms with E-state index >= 15 is 0 Å². The second kappa shape index (κ2) is 7.94. The summed E-state index contributed by atoms with van der Waals surface area (Å²) < 4.78 is 0. The quantitative estimate of drug-likeness (QED) is 0.841. The van der Waals surface area contributed by atoms with Crippen LogP contribution in [0.1, 0.15) is 32.6 Å². The second-order valence-electron chi connectivity index (χ2n) is 7.28. The molecule has 26 heavy (non-hydrogen) atoms. The van der Waals surface area contributed by atoms with Crippen molar-refractivity contribution < 1.29 is 0 Å². The van der Waals surface area contributed by atoms with Crippen molar-refractivity contribution in [3.8, 4) is 0 Å². The number of anilines is 3. The van der Waals surface area contributed by atoms with Gasteiger partial charge in [-0.1, -0.05) is 25.1 Å². The van der Waals surface area contributed by atoms with Crippen LogP contribution in [-0.2, 0) is 0 Å². The number of hydrogen-bond donors (Lipinski definition) is 0. The molecule has 0 bridgehead atoms. The Morgan fingerprint density at radius 2 is 1.69 bits per heavy atom. The molecule has 0 saturated carbocycles. The molecular weight excluding hydrogens is 322 g/mol. The van der Waals surface area contributed by atoms with E-state index in [0.717, 1.165) is 44.5 Å². The molecule has 0 amide bonds. The van der Waals surface area contributed by atoms with Gasteiger partial charge in [-0.05, 0) is 43.9 Å². The summed E-state index contributed by atoms with van der Waals surface area (Å²) in [7, 11) is 0. The Labute approximate surface area is 156 Å². The van der Waals surface area contributed by atoms with E-state index in [-0.39, 0.29) is 0 Å². The molecule has 5 nitrogen and oxygen atoms in total. The maximum Gasteiger partial charge on any atom is 0.227 e. The molecule has 2 fully saturated rings. The van der Waals surface area contributed by atoms with Gasteiger partial charge in [-0.3, -0.25) is 0 Å². The molecule has 2 aliphatic heterocycles. The summed E-state index contributed by atoms with van der Waals surface area (Å²) in [5.41, 5.74) is 1.31. The number of aromatic nitrogens is 2. The van der Waals surface area contributed by atoms with Gasteiger partial charge in [0.25, 0.3) is 0 Å². The van der Waals surface area contributed by atoms with E-state index in [2.05, 4.69) is 63.0 Å². The van der Waals surface area contributed by atoms with Gasteiger partial charge in [-0.15, -0.1) is 0 Å². The molecule has 3 heterocycles. The molecule has 0 N–H and O–H groups in total. The summed E-state index contributed by atoms with van der Waals surface area (Å²) in [5, 5.41) is 0. The number of nitrogens with zero attached hydrogens (tertiary/aromatic N) is 5. The Kier molecular flexibility index (Phi) is 5.23. The molecule has 5 heteroatoms. The number of rotatable bonds is 4. The van der Waals surface area contributed by atoms with E-state index in [1.54, 1.807) is 0 Å². The largest absolute Gasteiger partial charge is 0.368 e. The fraction of sp³-hybridized carbons (Fsp3) is 0.524. The highest BCUT2D eigenvalue weighted by atomic mass is 15.3. The van der Waals surface area contributed by atoms with Crippen molar-refractivity contribution in [3.63, 3.8) is 0 Å². The van der Waals surface area contributed by atoms with Gasteiger partial charge in [0.05, 0.1) is 0 Å². The monoisotopic (exact) mass is 351 g/mol. The Morgan fingerprint density at radius 3 is 2.46 bits per heavy atom. The third-order valence-corrected chi connectivity index (χ3v) is 5.71. The van der Waals surface area contributed by atoms with Crippen molar-refractivity contribution in [1.29, 1.82) is 0 Å². The molecule has 2 aromatic rings. The predicted octanol–water partition coefficient (Wildman–Crippen LogP) is 3.57. The Hall–Kier alpha value is -2.30. The summed E-state index contributed by atoms with van der Waals surface area (Å²) in [6, 6.07) is 13.3. The fourth-order valence-electron chi connectivity index (χ4n) is 4.17. The zero-order valence-corrected chi connectivity index (χ0v) is 15.7. The van der Waals surface area contributed by atoms with Crippen molar-refractivity contribution >= 4 is 17.5 Å². The molecule has 138 valence electrons. The highest BCUT2D eigenvalue weighted by Gasteiger charge is 2.24. The van der Waals surface area contributed by atoms with Crippen molar-refractivity contribution in [2.45, 2.75) is 38.6 Å². The normalized spacial score (nSPS) is 21.1. The van der Waals surface area contributed by atoms with Crippen molar-refractivity contribution in [3.05, 3.63) is 42.6 Å². The van der Waals surface area contributed by atoms with Crippen LogP contribution in [0.2, 0.25) is 0 Å². The minimum atomic E-state index is 0.592. The van der Waals surface area contributed by atoms with Gasteiger partial charge < -0.3 is 14.7 Å². The van der Waals surface area contributed by atoms with Crippen LogP contribution in [0.15, 0.2) is 42.6 Å². The zero-order chi connectivity index (χ0) is 17.8. The van der Waals surface area contributed by atoms with Crippen LogP contribution >= 0.6 is 0 Å². The van der Waals surface area contributed by atoms with Gasteiger partial charge in [-0.25, -0.2) is 4.98 Å². The first-order valence-electron chi connectivity index (χ1n) is 10.00. The van der Waals surface area contributed by atoms with E-state index in [4.69, 9.17) is 4.98 Å². The van der Waals surface area contributed by atoms with Crippen LogP contribution < -0.4 is 14.7 Å². The van der Waals surface area contributed by atoms with Gasteiger partial charge in [0.15, 0.2) is 0 Å². The zero-order valence-electron chi connectivity index (χ0n) is 15.7. The van der Waals surface area contributed by atoms with Gasteiger partial charge in [-0.2, -0.15) is 4.98 Å². The summed E-state index contributed by atoms with van der Waals surface area (Å²) in [4.78, 5) is 16.8. The summed E-state index contributed by atoms with van der Waals surface area (Å²) >= 11 is 0. The van der Waals surface area contributed by atoms with E-state index in [1.807, 2.05) is 6.20 Å². The molecule has 1 aromatic heterocycles.